The second-order valence-electron chi connectivity index (χ2n) is 6.93. The minimum atomic E-state index is -3.47. The van der Waals surface area contributed by atoms with Crippen molar-refractivity contribution in [3.8, 4) is 6.07 Å². The van der Waals surface area contributed by atoms with Crippen LogP contribution in [-0.2, 0) is 14.8 Å². The SMILES string of the molecule is CNS(=O)(=O)c1ccc(/C=C/C(=O)N2CCCN(c3ccc(C#N)cc3)CC2)cc1. The molecular weight excluding hydrogens is 400 g/mol. The lowest BCUT2D eigenvalue weighted by molar-refractivity contribution is -0.125. The third kappa shape index (κ3) is 5.26. The molecule has 1 amide bonds. The Kier molecular flexibility index (Phi) is 6.87. The lowest BCUT2D eigenvalue weighted by atomic mass is 10.2. The molecule has 0 aromatic heterocycles. The summed E-state index contributed by atoms with van der Waals surface area (Å²) >= 11 is 0. The van der Waals surface area contributed by atoms with Gasteiger partial charge in [-0.15, -0.1) is 0 Å². The van der Waals surface area contributed by atoms with Crippen molar-refractivity contribution in [2.24, 2.45) is 0 Å². The van der Waals surface area contributed by atoms with E-state index in [0.717, 1.165) is 30.8 Å². The number of carbonyl (C=O) groups is 1. The van der Waals surface area contributed by atoms with Crippen LogP contribution in [0.1, 0.15) is 17.5 Å². The van der Waals surface area contributed by atoms with Crippen molar-refractivity contribution in [3.63, 3.8) is 0 Å². The highest BCUT2D eigenvalue weighted by atomic mass is 32.2. The maximum atomic E-state index is 12.6. The highest BCUT2D eigenvalue weighted by molar-refractivity contribution is 7.89. The second-order valence-corrected chi connectivity index (χ2v) is 8.82. The first-order valence-corrected chi connectivity index (χ1v) is 11.2. The number of anilines is 1. The molecule has 2 aromatic rings. The minimum Gasteiger partial charge on any atom is -0.370 e. The molecule has 0 saturated carbocycles. The topological polar surface area (TPSA) is 93.5 Å². The predicted octanol–water partition coefficient (Wildman–Crippen LogP) is 2.22. The van der Waals surface area contributed by atoms with Crippen LogP contribution in [0.2, 0.25) is 0 Å². The van der Waals surface area contributed by atoms with Gasteiger partial charge in [0.25, 0.3) is 0 Å². The van der Waals surface area contributed by atoms with Crippen LogP contribution in [0.4, 0.5) is 5.69 Å². The zero-order valence-corrected chi connectivity index (χ0v) is 17.6. The summed E-state index contributed by atoms with van der Waals surface area (Å²) in [6, 6.07) is 16.0. The van der Waals surface area contributed by atoms with Gasteiger partial charge in [-0.05, 0) is 61.5 Å². The lowest BCUT2D eigenvalue weighted by Crippen LogP contribution is -2.34. The molecule has 0 aliphatic carbocycles. The standard InChI is InChI=1S/C22H24N4O3S/c1-24-30(28,29)21-10-5-18(6-11-21)7-12-22(27)26-14-2-13-25(15-16-26)20-8-3-19(17-23)4-9-20/h3-12,24H,2,13-16H2,1H3/b12-7+. The first-order chi connectivity index (χ1) is 14.4. The number of rotatable bonds is 5. The number of carbonyl (C=O) groups excluding carboxylic acids is 1. The van der Waals surface area contributed by atoms with E-state index in [0.29, 0.717) is 18.7 Å². The Morgan fingerprint density at radius 3 is 2.37 bits per heavy atom. The van der Waals surface area contributed by atoms with Gasteiger partial charge in [-0.1, -0.05) is 12.1 Å². The number of hydrogen-bond acceptors (Lipinski definition) is 5. The summed E-state index contributed by atoms with van der Waals surface area (Å²) in [6.07, 6.45) is 4.08. The van der Waals surface area contributed by atoms with Crippen LogP contribution in [0.5, 0.6) is 0 Å². The molecule has 1 aliphatic rings. The number of amides is 1. The van der Waals surface area contributed by atoms with Gasteiger partial charge in [-0.2, -0.15) is 5.26 Å². The first kappa shape index (κ1) is 21.6. The van der Waals surface area contributed by atoms with Crippen molar-refractivity contribution < 1.29 is 13.2 Å². The van der Waals surface area contributed by atoms with Gasteiger partial charge in [0.05, 0.1) is 16.5 Å². The van der Waals surface area contributed by atoms with Gasteiger partial charge in [0.2, 0.25) is 15.9 Å². The average molecular weight is 425 g/mol. The van der Waals surface area contributed by atoms with Gasteiger partial charge in [0, 0.05) is 37.9 Å². The van der Waals surface area contributed by atoms with E-state index in [1.807, 2.05) is 17.0 Å². The first-order valence-electron chi connectivity index (χ1n) is 9.68. The molecule has 1 aliphatic heterocycles. The average Bonchev–Trinajstić information content (AvgIpc) is 3.04. The van der Waals surface area contributed by atoms with E-state index in [2.05, 4.69) is 15.7 Å². The Balaban J connectivity index is 1.60. The Morgan fingerprint density at radius 2 is 1.73 bits per heavy atom. The summed E-state index contributed by atoms with van der Waals surface area (Å²) in [5.41, 5.74) is 2.44. The van der Waals surface area contributed by atoms with Gasteiger partial charge >= 0.3 is 0 Å². The number of nitrogens with one attached hydrogen (secondary N) is 1. The van der Waals surface area contributed by atoms with Crippen LogP contribution < -0.4 is 9.62 Å². The van der Waals surface area contributed by atoms with Crippen LogP contribution in [0, 0.1) is 11.3 Å². The van der Waals surface area contributed by atoms with Crippen LogP contribution in [0.15, 0.2) is 59.5 Å². The van der Waals surface area contributed by atoms with Gasteiger partial charge in [0.1, 0.15) is 0 Å². The number of benzene rings is 2. The van der Waals surface area contributed by atoms with Crippen LogP contribution in [0.25, 0.3) is 6.08 Å². The molecule has 2 aromatic carbocycles. The molecule has 1 heterocycles. The smallest absolute Gasteiger partial charge is 0.246 e. The molecule has 8 heteroatoms. The van der Waals surface area contributed by atoms with E-state index in [-0.39, 0.29) is 10.8 Å². The Hall–Kier alpha value is -3.15. The number of sulfonamides is 1. The Morgan fingerprint density at radius 1 is 1.03 bits per heavy atom. The maximum absolute atomic E-state index is 12.6. The molecule has 3 rings (SSSR count). The summed E-state index contributed by atoms with van der Waals surface area (Å²) in [5.74, 6) is -0.0661. The van der Waals surface area contributed by atoms with Gasteiger partial charge < -0.3 is 9.80 Å². The molecule has 1 fully saturated rings. The zero-order chi connectivity index (χ0) is 21.6. The van der Waals surface area contributed by atoms with E-state index in [1.54, 1.807) is 30.3 Å². The number of nitrogens with zero attached hydrogens (tertiary/aromatic N) is 3. The van der Waals surface area contributed by atoms with Gasteiger partial charge in [-0.25, -0.2) is 13.1 Å². The van der Waals surface area contributed by atoms with Crippen LogP contribution >= 0.6 is 0 Å². The highest BCUT2D eigenvalue weighted by Crippen LogP contribution is 2.18. The summed E-state index contributed by atoms with van der Waals surface area (Å²) in [4.78, 5) is 16.8. The third-order valence-corrected chi connectivity index (χ3v) is 6.48. The largest absolute Gasteiger partial charge is 0.370 e. The minimum absolute atomic E-state index is 0.0661. The Bertz CT molecular complexity index is 1060. The van der Waals surface area contributed by atoms with E-state index >= 15 is 0 Å². The van der Waals surface area contributed by atoms with Crippen molar-refractivity contribution in [3.05, 3.63) is 65.7 Å². The van der Waals surface area contributed by atoms with Crippen LogP contribution in [-0.4, -0.2) is 52.5 Å². The van der Waals surface area contributed by atoms with E-state index in [1.165, 1.54) is 25.3 Å². The summed E-state index contributed by atoms with van der Waals surface area (Å²) in [7, 11) is -2.10. The molecule has 0 radical (unpaired) electrons. The summed E-state index contributed by atoms with van der Waals surface area (Å²) in [6.45, 7) is 2.86. The van der Waals surface area contributed by atoms with Gasteiger partial charge in [0.15, 0.2) is 0 Å². The molecule has 1 saturated heterocycles. The van der Waals surface area contributed by atoms with E-state index in [9.17, 15) is 13.2 Å². The molecular formula is C22H24N4O3S. The van der Waals surface area contributed by atoms with Crippen molar-refractivity contribution in [1.29, 1.82) is 5.26 Å². The van der Waals surface area contributed by atoms with Crippen molar-refractivity contribution >= 4 is 27.7 Å². The number of hydrogen-bond donors (Lipinski definition) is 1. The molecule has 1 N–H and O–H groups in total. The predicted molar refractivity (Wildman–Crippen MR) is 116 cm³/mol. The van der Waals surface area contributed by atoms with Gasteiger partial charge in [-0.3, -0.25) is 4.79 Å². The van der Waals surface area contributed by atoms with E-state index < -0.39 is 10.0 Å². The quantitative estimate of drug-likeness (QED) is 0.743. The molecule has 7 nitrogen and oxygen atoms in total. The fourth-order valence-corrected chi connectivity index (χ4v) is 4.02. The maximum Gasteiger partial charge on any atom is 0.246 e. The molecule has 0 atom stereocenters. The molecule has 30 heavy (non-hydrogen) atoms. The molecule has 0 bridgehead atoms. The fourth-order valence-electron chi connectivity index (χ4n) is 3.29. The zero-order valence-electron chi connectivity index (χ0n) is 16.8. The monoisotopic (exact) mass is 424 g/mol. The normalized spacial score (nSPS) is 15.1. The number of nitriles is 1. The van der Waals surface area contributed by atoms with Crippen LogP contribution in [0.3, 0.4) is 0 Å². The van der Waals surface area contributed by atoms with E-state index in [4.69, 9.17) is 5.26 Å². The fraction of sp³-hybridized carbons (Fsp3) is 0.273. The summed E-state index contributed by atoms with van der Waals surface area (Å²) < 4.78 is 25.8. The lowest BCUT2D eigenvalue weighted by Gasteiger charge is -2.23. The molecule has 156 valence electrons. The van der Waals surface area contributed by atoms with Crippen molar-refractivity contribution in [2.45, 2.75) is 11.3 Å². The third-order valence-electron chi connectivity index (χ3n) is 5.05. The summed E-state index contributed by atoms with van der Waals surface area (Å²) in [5, 5.41) is 8.93. The second kappa shape index (κ2) is 9.57. The highest BCUT2D eigenvalue weighted by Gasteiger charge is 2.18. The molecule has 0 unspecified atom stereocenters. The molecule has 0 spiro atoms. The van der Waals surface area contributed by atoms with Crippen molar-refractivity contribution in [2.75, 3.05) is 38.1 Å². The van der Waals surface area contributed by atoms with Crippen molar-refractivity contribution in [1.82, 2.24) is 9.62 Å². The Labute approximate surface area is 177 Å².